The van der Waals surface area contributed by atoms with Crippen molar-refractivity contribution in [3.8, 4) is 11.5 Å². The van der Waals surface area contributed by atoms with Crippen molar-refractivity contribution < 1.29 is 45.7 Å². The molecule has 4 rings (SSSR count). The summed E-state index contributed by atoms with van der Waals surface area (Å²) in [7, 11) is 1.51. The minimum atomic E-state index is -4.77. The van der Waals surface area contributed by atoms with Crippen LogP contribution in [0.15, 0.2) is 42.6 Å². The lowest BCUT2D eigenvalue weighted by molar-refractivity contribution is -0.220. The predicted molar refractivity (Wildman–Crippen MR) is 125 cm³/mol. The Morgan fingerprint density at radius 2 is 1.74 bits per heavy atom. The van der Waals surface area contributed by atoms with Gasteiger partial charge < -0.3 is 23.8 Å². The Balaban J connectivity index is 1.20. The number of carbonyl (C=O) groups is 1. The van der Waals surface area contributed by atoms with Gasteiger partial charge in [0.25, 0.3) is 6.43 Å². The average molecular weight is 545 g/mol. The maximum absolute atomic E-state index is 13.5. The van der Waals surface area contributed by atoms with Crippen molar-refractivity contribution in [2.75, 3.05) is 26.8 Å². The molecule has 2 heterocycles. The van der Waals surface area contributed by atoms with E-state index in [1.54, 1.807) is 24.3 Å². The molecule has 0 radical (unpaired) electrons. The van der Waals surface area contributed by atoms with Gasteiger partial charge in [0.1, 0.15) is 17.2 Å². The van der Waals surface area contributed by atoms with Crippen molar-refractivity contribution in [2.24, 2.45) is 5.41 Å². The first-order valence-electron chi connectivity index (χ1n) is 12.2. The van der Waals surface area contributed by atoms with Gasteiger partial charge in [-0.25, -0.2) is 13.6 Å². The van der Waals surface area contributed by atoms with Crippen molar-refractivity contribution in [1.82, 2.24) is 9.88 Å². The fourth-order valence-corrected chi connectivity index (χ4v) is 4.74. The summed E-state index contributed by atoms with van der Waals surface area (Å²) in [4.78, 5) is 17.5. The molecule has 38 heavy (non-hydrogen) atoms. The zero-order chi connectivity index (χ0) is 27.3. The first kappa shape index (κ1) is 27.9. The van der Waals surface area contributed by atoms with Gasteiger partial charge in [0.05, 0.1) is 32.6 Å². The molecule has 2 aliphatic rings. The Bertz CT molecular complexity index is 1050. The number of aromatic nitrogens is 1. The quantitative estimate of drug-likeness (QED) is 0.364. The molecule has 1 saturated heterocycles. The third-order valence-corrected chi connectivity index (χ3v) is 6.99. The molecule has 2 fully saturated rings. The van der Waals surface area contributed by atoms with Crippen LogP contribution in [0, 0.1) is 5.41 Å². The second-order valence-electron chi connectivity index (χ2n) is 9.63. The number of pyridine rings is 1. The molecule has 1 aromatic heterocycles. The minimum absolute atomic E-state index is 0.0668. The average Bonchev–Trinajstić information content (AvgIpc) is 2.87. The van der Waals surface area contributed by atoms with Gasteiger partial charge in [-0.1, -0.05) is 12.1 Å². The molecule has 7 nitrogen and oxygen atoms in total. The SMILES string of the molecule is COc1ccc(COCC(OC(=O)N2CCC3(CC2)CC(Oc2ccc(C(F)F)nc2)C3)C(F)(F)F)cc1. The Hall–Kier alpha value is -3.15. The van der Waals surface area contributed by atoms with E-state index in [9.17, 15) is 26.7 Å². The molecular formula is C26H29F5N2O5. The van der Waals surface area contributed by atoms with E-state index in [1.165, 1.54) is 30.3 Å². The summed E-state index contributed by atoms with van der Waals surface area (Å²) >= 11 is 0. The highest BCUT2D eigenvalue weighted by Gasteiger charge is 2.49. The van der Waals surface area contributed by atoms with Crippen molar-refractivity contribution in [1.29, 1.82) is 0 Å². The van der Waals surface area contributed by atoms with E-state index in [2.05, 4.69) is 4.98 Å². The molecule has 0 N–H and O–H groups in total. The van der Waals surface area contributed by atoms with Crippen LogP contribution in [0.3, 0.4) is 0 Å². The number of benzene rings is 1. The summed E-state index contributed by atoms with van der Waals surface area (Å²) < 4.78 is 86.6. The topological polar surface area (TPSA) is 70.1 Å². The van der Waals surface area contributed by atoms with E-state index in [4.69, 9.17) is 18.9 Å². The summed E-state index contributed by atoms with van der Waals surface area (Å²) in [5.41, 5.74) is 0.268. The predicted octanol–water partition coefficient (Wildman–Crippen LogP) is 5.94. The van der Waals surface area contributed by atoms with Crippen molar-refractivity contribution in [3.63, 3.8) is 0 Å². The summed E-state index contributed by atoms with van der Waals surface area (Å²) in [6, 6.07) is 9.36. The number of rotatable bonds is 9. The molecule has 1 spiro atoms. The molecule has 1 atom stereocenters. The van der Waals surface area contributed by atoms with Crippen LogP contribution in [-0.2, 0) is 16.1 Å². The summed E-state index contributed by atoms with van der Waals surface area (Å²) in [5.74, 6) is 1.02. The molecule has 0 bridgehead atoms. The van der Waals surface area contributed by atoms with Gasteiger partial charge in [-0.05, 0) is 60.9 Å². The smallest absolute Gasteiger partial charge is 0.427 e. The van der Waals surface area contributed by atoms with Crippen molar-refractivity contribution in [3.05, 3.63) is 53.9 Å². The molecule has 1 aliphatic heterocycles. The number of ether oxygens (including phenoxy) is 4. The molecule has 1 amide bonds. The van der Waals surface area contributed by atoms with Gasteiger partial charge in [0, 0.05) is 13.1 Å². The molecular weight excluding hydrogens is 515 g/mol. The summed E-state index contributed by atoms with van der Waals surface area (Å²) in [6.07, 6.45) is -7.03. The molecule has 1 unspecified atom stereocenters. The zero-order valence-electron chi connectivity index (χ0n) is 20.8. The second kappa shape index (κ2) is 11.7. The van der Waals surface area contributed by atoms with E-state index in [0.717, 1.165) is 0 Å². The largest absolute Gasteiger partial charge is 0.497 e. The van der Waals surface area contributed by atoms with E-state index >= 15 is 0 Å². The summed E-state index contributed by atoms with van der Waals surface area (Å²) in [6.45, 7) is -0.345. The highest BCUT2D eigenvalue weighted by atomic mass is 19.4. The van der Waals surface area contributed by atoms with Crippen LogP contribution in [0.1, 0.15) is 43.4 Å². The lowest BCUT2D eigenvalue weighted by Gasteiger charge is -2.51. The van der Waals surface area contributed by atoms with Crippen molar-refractivity contribution in [2.45, 2.75) is 57.1 Å². The molecule has 12 heteroatoms. The first-order valence-corrected chi connectivity index (χ1v) is 12.2. The Morgan fingerprint density at radius 1 is 1.08 bits per heavy atom. The normalized spacial score (nSPS) is 18.2. The third kappa shape index (κ3) is 7.03. The molecule has 208 valence electrons. The van der Waals surface area contributed by atoms with Gasteiger partial charge in [-0.15, -0.1) is 0 Å². The maximum atomic E-state index is 13.5. The minimum Gasteiger partial charge on any atom is -0.497 e. The van der Waals surface area contributed by atoms with Crippen LogP contribution >= 0.6 is 0 Å². The Kier molecular flexibility index (Phi) is 8.59. The first-order chi connectivity index (χ1) is 18.1. The number of alkyl halides is 5. The number of hydrogen-bond donors (Lipinski definition) is 0. The number of methoxy groups -OCH3 is 1. The second-order valence-corrected chi connectivity index (χ2v) is 9.63. The van der Waals surface area contributed by atoms with Crippen LogP contribution in [0.5, 0.6) is 11.5 Å². The number of carbonyl (C=O) groups excluding carboxylic acids is 1. The van der Waals surface area contributed by atoms with Gasteiger partial charge >= 0.3 is 12.3 Å². The van der Waals surface area contributed by atoms with Crippen LogP contribution in [0.2, 0.25) is 0 Å². The van der Waals surface area contributed by atoms with Crippen molar-refractivity contribution >= 4 is 6.09 Å². The number of amides is 1. The van der Waals surface area contributed by atoms with Gasteiger partial charge in [-0.3, -0.25) is 4.98 Å². The lowest BCUT2D eigenvalue weighted by atomic mass is 9.61. The van der Waals surface area contributed by atoms with Crippen LogP contribution < -0.4 is 9.47 Å². The standard InChI is InChI=1S/C26H29F5N2O5/c1-35-18-4-2-17(3-5-18)15-36-16-22(26(29,30)31)38-24(34)33-10-8-25(9-11-33)12-20(13-25)37-19-6-7-21(23(27)28)32-14-19/h2-7,14,20,22-23H,8-13,15-16H2,1H3. The summed E-state index contributed by atoms with van der Waals surface area (Å²) in [5, 5.41) is 0. The fraction of sp³-hybridized carbons (Fsp3) is 0.538. The van der Waals surface area contributed by atoms with E-state index in [1.807, 2.05) is 0 Å². The van der Waals surface area contributed by atoms with Gasteiger partial charge in [-0.2, -0.15) is 13.2 Å². The van der Waals surface area contributed by atoms with E-state index in [-0.39, 0.29) is 36.9 Å². The number of piperidine rings is 1. The lowest BCUT2D eigenvalue weighted by Crippen LogP contribution is -2.53. The fourth-order valence-electron chi connectivity index (χ4n) is 4.74. The van der Waals surface area contributed by atoms with E-state index in [0.29, 0.717) is 42.7 Å². The molecule has 1 aromatic carbocycles. The number of halogens is 5. The number of hydrogen-bond acceptors (Lipinski definition) is 6. The van der Waals surface area contributed by atoms with E-state index < -0.39 is 31.4 Å². The third-order valence-electron chi connectivity index (χ3n) is 6.99. The zero-order valence-corrected chi connectivity index (χ0v) is 20.8. The Morgan fingerprint density at radius 3 is 2.29 bits per heavy atom. The van der Waals surface area contributed by atoms with Gasteiger partial charge in [0.15, 0.2) is 0 Å². The van der Waals surface area contributed by atoms with Crippen LogP contribution in [0.4, 0.5) is 26.7 Å². The van der Waals surface area contributed by atoms with Gasteiger partial charge in [0.2, 0.25) is 6.10 Å². The highest BCUT2D eigenvalue weighted by Crippen LogP contribution is 2.50. The monoisotopic (exact) mass is 544 g/mol. The number of likely N-dealkylation sites (tertiary alicyclic amines) is 1. The van der Waals surface area contributed by atoms with Crippen LogP contribution in [0.25, 0.3) is 0 Å². The maximum Gasteiger partial charge on any atom is 0.427 e. The molecule has 1 aliphatic carbocycles. The molecule has 2 aromatic rings. The molecule has 1 saturated carbocycles. The van der Waals surface area contributed by atoms with Crippen LogP contribution in [-0.4, -0.2) is 61.2 Å². The Labute approximate surface area is 216 Å². The number of nitrogens with zero attached hydrogens (tertiary/aromatic N) is 2. The highest BCUT2D eigenvalue weighted by molar-refractivity contribution is 5.68.